The molecular weight excluding hydrogens is 512 g/mol. The van der Waals surface area contributed by atoms with Crippen LogP contribution in [0.25, 0.3) is 24.3 Å². The topological polar surface area (TPSA) is 54.1 Å². The van der Waals surface area contributed by atoms with Crippen LogP contribution in [0.1, 0.15) is 87.8 Å². The zero-order valence-electron chi connectivity index (χ0n) is 26.7. The maximum atomic E-state index is 9.87. The Morgan fingerprint density at radius 3 is 1.19 bits per heavy atom. The molecule has 0 aromatic heterocycles. The monoisotopic (exact) mass is 558 g/mol. The lowest BCUT2D eigenvalue weighted by atomic mass is 9.92. The van der Waals surface area contributed by atoms with E-state index in [1.54, 1.807) is 12.1 Å². The predicted octanol–water partition coefficient (Wildman–Crippen LogP) is 9.52. The minimum atomic E-state index is 0.303. The van der Waals surface area contributed by atoms with Crippen molar-refractivity contribution < 1.29 is 0 Å². The van der Waals surface area contributed by atoms with Crippen molar-refractivity contribution in [1.82, 2.24) is 0 Å². The summed E-state index contributed by atoms with van der Waals surface area (Å²) in [6, 6.07) is 25.1. The quantitative estimate of drug-likeness (QED) is 0.233. The summed E-state index contributed by atoms with van der Waals surface area (Å²) in [6.07, 6.45) is 10.1. The lowest BCUT2D eigenvalue weighted by molar-refractivity contribution is 0.381. The molecule has 0 atom stereocenters. The number of benzene rings is 3. The molecule has 0 N–H and O–H groups in total. The van der Waals surface area contributed by atoms with Crippen molar-refractivity contribution in [3.63, 3.8) is 0 Å². The Balaban J connectivity index is 1.72. The van der Waals surface area contributed by atoms with E-state index < -0.39 is 0 Å². The fraction of sp³-hybridized carbons (Fsp3) is 0.368. The van der Waals surface area contributed by atoms with Crippen LogP contribution in [0.3, 0.4) is 0 Å². The fourth-order valence-electron chi connectivity index (χ4n) is 4.42. The van der Waals surface area contributed by atoms with Crippen molar-refractivity contribution in [2.75, 3.05) is 37.0 Å². The molecule has 0 aliphatic heterocycles. The molecule has 0 aliphatic carbocycles. The number of hydrogen-bond acceptors (Lipinski definition) is 4. The van der Waals surface area contributed by atoms with Crippen molar-refractivity contribution in [2.45, 2.75) is 54.4 Å². The zero-order chi connectivity index (χ0) is 30.9. The summed E-state index contributed by atoms with van der Waals surface area (Å²) >= 11 is 0. The highest BCUT2D eigenvalue weighted by Gasteiger charge is 2.13. The highest BCUT2D eigenvalue weighted by molar-refractivity contribution is 5.79. The van der Waals surface area contributed by atoms with Gasteiger partial charge in [0.1, 0.15) is 0 Å². The second kappa shape index (κ2) is 14.1. The van der Waals surface area contributed by atoms with Crippen LogP contribution in [-0.4, -0.2) is 27.2 Å². The maximum Gasteiger partial charge on any atom is 0.0998 e. The molecular formula is C38H46N4. The van der Waals surface area contributed by atoms with Gasteiger partial charge in [-0.3, -0.25) is 0 Å². The Labute approximate surface area is 254 Å². The van der Waals surface area contributed by atoms with Gasteiger partial charge in [0.2, 0.25) is 0 Å². The van der Waals surface area contributed by atoms with Gasteiger partial charge in [-0.15, -0.1) is 0 Å². The average molecular weight is 559 g/mol. The minimum Gasteiger partial charge on any atom is -0.375 e. The SMILES string of the molecule is CN(CCC(C)(C)C)c1ccc(/C=C/c2cc(C#N)c(/C=C/c3ccc(N(C)CCC(C)(C)C)cc3)cc2C#N)cc1. The molecule has 218 valence electrons. The first-order chi connectivity index (χ1) is 19.8. The lowest BCUT2D eigenvalue weighted by Crippen LogP contribution is -2.22. The van der Waals surface area contributed by atoms with Crippen molar-refractivity contribution in [3.05, 3.63) is 94.0 Å². The van der Waals surface area contributed by atoms with E-state index in [-0.39, 0.29) is 0 Å². The Morgan fingerprint density at radius 2 is 0.905 bits per heavy atom. The molecule has 0 bridgehead atoms. The van der Waals surface area contributed by atoms with Crippen LogP contribution in [0.15, 0.2) is 60.7 Å². The summed E-state index contributed by atoms with van der Waals surface area (Å²) in [5.74, 6) is 0. The first-order valence-electron chi connectivity index (χ1n) is 14.7. The molecule has 3 rings (SSSR count). The number of hydrogen-bond donors (Lipinski definition) is 0. The van der Waals surface area contributed by atoms with Crippen molar-refractivity contribution >= 4 is 35.7 Å². The molecule has 42 heavy (non-hydrogen) atoms. The van der Waals surface area contributed by atoms with Crippen molar-refractivity contribution in [1.29, 1.82) is 10.5 Å². The largest absolute Gasteiger partial charge is 0.375 e. The Morgan fingerprint density at radius 1 is 0.571 bits per heavy atom. The standard InChI is InChI=1S/C38H46N4/c1-37(2,3)21-23-41(7)35-17-11-29(12-18-35)9-15-31-25-34(28-40)32(26-33(31)27-39)16-10-30-13-19-36(20-14-30)42(8)24-22-38(4,5)6/h9-20,25-26H,21-24H2,1-8H3/b15-9+,16-10+. The molecule has 0 amide bonds. The summed E-state index contributed by atoms with van der Waals surface area (Å²) < 4.78 is 0. The van der Waals surface area contributed by atoms with E-state index in [1.165, 1.54) is 11.4 Å². The zero-order valence-corrected chi connectivity index (χ0v) is 26.7. The van der Waals surface area contributed by atoms with Crippen LogP contribution in [0.5, 0.6) is 0 Å². The molecule has 4 nitrogen and oxygen atoms in total. The van der Waals surface area contributed by atoms with Crippen LogP contribution in [0.4, 0.5) is 11.4 Å². The predicted molar refractivity (Wildman–Crippen MR) is 181 cm³/mol. The van der Waals surface area contributed by atoms with Crippen LogP contribution in [-0.2, 0) is 0 Å². The molecule has 0 saturated heterocycles. The Hall–Kier alpha value is -4.28. The summed E-state index contributed by atoms with van der Waals surface area (Å²) in [5.41, 5.74) is 7.61. The van der Waals surface area contributed by atoms with E-state index in [9.17, 15) is 10.5 Å². The Kier molecular flexibility index (Phi) is 10.8. The van der Waals surface area contributed by atoms with Crippen LogP contribution < -0.4 is 9.80 Å². The third-order valence-corrected chi connectivity index (χ3v) is 7.44. The summed E-state index contributed by atoms with van der Waals surface area (Å²) in [7, 11) is 4.25. The molecule has 3 aromatic carbocycles. The molecule has 0 unspecified atom stereocenters. The van der Waals surface area contributed by atoms with Gasteiger partial charge in [-0.2, -0.15) is 10.5 Å². The Bertz CT molecular complexity index is 1350. The first kappa shape index (κ1) is 32.2. The van der Waals surface area contributed by atoms with E-state index in [2.05, 4.69) is 126 Å². The minimum absolute atomic E-state index is 0.303. The van der Waals surface area contributed by atoms with Crippen LogP contribution >= 0.6 is 0 Å². The van der Waals surface area contributed by atoms with Crippen LogP contribution in [0.2, 0.25) is 0 Å². The molecule has 3 aromatic rings. The van der Waals surface area contributed by atoms with E-state index in [1.807, 2.05) is 24.3 Å². The van der Waals surface area contributed by atoms with Gasteiger partial charge in [0.25, 0.3) is 0 Å². The van der Waals surface area contributed by atoms with Crippen LogP contribution in [0, 0.1) is 33.5 Å². The van der Waals surface area contributed by atoms with Gasteiger partial charge in [0, 0.05) is 38.6 Å². The van der Waals surface area contributed by atoms with E-state index in [0.29, 0.717) is 22.0 Å². The van der Waals surface area contributed by atoms with E-state index in [4.69, 9.17) is 0 Å². The third kappa shape index (κ3) is 9.97. The lowest BCUT2D eigenvalue weighted by Gasteiger charge is -2.25. The molecule has 0 heterocycles. The van der Waals surface area contributed by atoms with Gasteiger partial charge in [-0.05, 0) is 82.3 Å². The van der Waals surface area contributed by atoms with Gasteiger partial charge in [0.15, 0.2) is 0 Å². The molecule has 4 heteroatoms. The van der Waals surface area contributed by atoms with E-state index in [0.717, 1.165) is 48.2 Å². The van der Waals surface area contributed by atoms with Gasteiger partial charge in [-0.1, -0.05) is 90.1 Å². The summed E-state index contributed by atoms with van der Waals surface area (Å²) in [4.78, 5) is 4.55. The second-order valence-corrected chi connectivity index (χ2v) is 13.6. The number of rotatable bonds is 10. The molecule has 0 spiro atoms. The van der Waals surface area contributed by atoms with Crippen molar-refractivity contribution in [2.24, 2.45) is 10.8 Å². The number of nitrogens with zero attached hydrogens (tertiary/aromatic N) is 4. The fourth-order valence-corrected chi connectivity index (χ4v) is 4.42. The smallest absolute Gasteiger partial charge is 0.0998 e. The highest BCUT2D eigenvalue weighted by atomic mass is 15.1. The molecule has 0 radical (unpaired) electrons. The average Bonchev–Trinajstić information content (AvgIpc) is 2.96. The highest BCUT2D eigenvalue weighted by Crippen LogP contribution is 2.25. The summed E-state index contributed by atoms with van der Waals surface area (Å²) in [6.45, 7) is 15.6. The maximum absolute atomic E-state index is 9.87. The third-order valence-electron chi connectivity index (χ3n) is 7.44. The number of nitriles is 2. The molecule has 0 saturated carbocycles. The normalized spacial score (nSPS) is 12.0. The number of anilines is 2. The van der Waals surface area contributed by atoms with Gasteiger partial charge in [-0.25, -0.2) is 0 Å². The van der Waals surface area contributed by atoms with Crippen molar-refractivity contribution in [3.8, 4) is 12.1 Å². The van der Waals surface area contributed by atoms with Gasteiger partial charge in [0.05, 0.1) is 23.3 Å². The summed E-state index contributed by atoms with van der Waals surface area (Å²) in [5, 5.41) is 19.7. The molecule has 0 fully saturated rings. The van der Waals surface area contributed by atoms with Gasteiger partial charge < -0.3 is 9.80 Å². The first-order valence-corrected chi connectivity index (χ1v) is 14.7. The van der Waals surface area contributed by atoms with E-state index >= 15 is 0 Å². The second-order valence-electron chi connectivity index (χ2n) is 13.6. The molecule has 0 aliphatic rings. The van der Waals surface area contributed by atoms with Gasteiger partial charge >= 0.3 is 0 Å².